The molecule has 94 valence electrons. The van der Waals surface area contributed by atoms with Crippen molar-refractivity contribution in [2.24, 2.45) is 5.92 Å². The van der Waals surface area contributed by atoms with Gasteiger partial charge in [0, 0.05) is 25.0 Å². The third-order valence-electron chi connectivity index (χ3n) is 3.17. The van der Waals surface area contributed by atoms with Crippen LogP contribution in [-0.4, -0.2) is 34.9 Å². The number of aromatic nitrogens is 1. The van der Waals surface area contributed by atoms with Crippen molar-refractivity contribution in [3.63, 3.8) is 0 Å². The highest BCUT2D eigenvalue weighted by Crippen LogP contribution is 2.21. The van der Waals surface area contributed by atoms with E-state index in [2.05, 4.69) is 5.16 Å². The van der Waals surface area contributed by atoms with Gasteiger partial charge in [-0.15, -0.1) is 11.6 Å². The lowest BCUT2D eigenvalue weighted by molar-refractivity contribution is 0.0661. The number of aryl methyl sites for hydroxylation is 1. The first-order valence-electron chi connectivity index (χ1n) is 5.99. The lowest BCUT2D eigenvalue weighted by atomic mass is 9.95. The van der Waals surface area contributed by atoms with E-state index in [4.69, 9.17) is 16.1 Å². The van der Waals surface area contributed by atoms with Crippen molar-refractivity contribution in [1.82, 2.24) is 10.1 Å². The number of alkyl halides is 1. The van der Waals surface area contributed by atoms with E-state index in [1.54, 1.807) is 13.0 Å². The van der Waals surface area contributed by atoms with E-state index in [0.29, 0.717) is 23.3 Å². The van der Waals surface area contributed by atoms with Gasteiger partial charge in [0.15, 0.2) is 5.69 Å². The molecule has 0 N–H and O–H groups in total. The molecule has 1 aliphatic rings. The molecule has 1 fully saturated rings. The van der Waals surface area contributed by atoms with Crippen LogP contribution in [0.3, 0.4) is 0 Å². The third kappa shape index (κ3) is 3.00. The van der Waals surface area contributed by atoms with Crippen LogP contribution in [0, 0.1) is 12.8 Å². The minimum absolute atomic E-state index is 0.0267. The van der Waals surface area contributed by atoms with Gasteiger partial charge in [-0.3, -0.25) is 4.79 Å². The Morgan fingerprint density at radius 2 is 2.53 bits per heavy atom. The first-order valence-corrected chi connectivity index (χ1v) is 6.52. The molecule has 17 heavy (non-hydrogen) atoms. The van der Waals surface area contributed by atoms with Gasteiger partial charge in [0.25, 0.3) is 5.91 Å². The summed E-state index contributed by atoms with van der Waals surface area (Å²) in [5, 5.41) is 3.77. The summed E-state index contributed by atoms with van der Waals surface area (Å²) >= 11 is 5.75. The van der Waals surface area contributed by atoms with E-state index in [1.165, 1.54) is 0 Å². The fraction of sp³-hybridized carbons (Fsp3) is 0.667. The quantitative estimate of drug-likeness (QED) is 0.781. The molecule has 0 aromatic carbocycles. The molecule has 2 heterocycles. The molecular formula is C12H17ClN2O2. The fourth-order valence-electron chi connectivity index (χ4n) is 2.27. The van der Waals surface area contributed by atoms with Crippen LogP contribution in [0.5, 0.6) is 0 Å². The van der Waals surface area contributed by atoms with Gasteiger partial charge in [-0.25, -0.2) is 0 Å². The highest BCUT2D eigenvalue weighted by atomic mass is 35.5. The number of hydrogen-bond donors (Lipinski definition) is 0. The van der Waals surface area contributed by atoms with E-state index >= 15 is 0 Å². The van der Waals surface area contributed by atoms with Crippen LogP contribution >= 0.6 is 11.6 Å². The van der Waals surface area contributed by atoms with Crippen LogP contribution in [0.1, 0.15) is 35.5 Å². The van der Waals surface area contributed by atoms with Crippen molar-refractivity contribution >= 4 is 17.5 Å². The zero-order valence-corrected chi connectivity index (χ0v) is 10.7. The van der Waals surface area contributed by atoms with Gasteiger partial charge in [-0.05, 0) is 32.1 Å². The number of carbonyl (C=O) groups is 1. The molecule has 0 spiro atoms. The maximum absolute atomic E-state index is 12.1. The van der Waals surface area contributed by atoms with Crippen molar-refractivity contribution < 1.29 is 9.32 Å². The van der Waals surface area contributed by atoms with Gasteiger partial charge in [0.1, 0.15) is 5.76 Å². The van der Waals surface area contributed by atoms with E-state index in [0.717, 1.165) is 32.4 Å². The lowest BCUT2D eigenvalue weighted by Crippen LogP contribution is -2.40. The number of nitrogens with zero attached hydrogens (tertiary/aromatic N) is 2. The molecule has 0 aliphatic carbocycles. The van der Waals surface area contributed by atoms with Crippen molar-refractivity contribution in [3.05, 3.63) is 17.5 Å². The Hall–Kier alpha value is -1.03. The van der Waals surface area contributed by atoms with E-state index < -0.39 is 0 Å². The standard InChI is InChI=1S/C12H17ClN2O2/c1-9-7-11(14-17-9)12(16)15-6-2-3-10(8-15)4-5-13/h7,10H,2-6,8H2,1H3. The molecule has 1 aromatic rings. The molecule has 1 aliphatic heterocycles. The van der Waals surface area contributed by atoms with Gasteiger partial charge in [-0.2, -0.15) is 0 Å². The average Bonchev–Trinajstić information content (AvgIpc) is 2.76. The van der Waals surface area contributed by atoms with Gasteiger partial charge in [0.2, 0.25) is 0 Å². The first kappa shape index (κ1) is 12.4. The van der Waals surface area contributed by atoms with Crippen molar-refractivity contribution in [2.45, 2.75) is 26.2 Å². The summed E-state index contributed by atoms with van der Waals surface area (Å²) in [6, 6.07) is 1.69. The maximum atomic E-state index is 12.1. The summed E-state index contributed by atoms with van der Waals surface area (Å²) in [4.78, 5) is 14.0. The van der Waals surface area contributed by atoms with Crippen LogP contribution in [-0.2, 0) is 0 Å². The summed E-state index contributed by atoms with van der Waals surface area (Å²) in [5.74, 6) is 1.83. The number of halogens is 1. The molecule has 0 saturated carbocycles. The Labute approximate surface area is 106 Å². The number of carbonyl (C=O) groups excluding carboxylic acids is 1. The second-order valence-electron chi connectivity index (χ2n) is 4.56. The molecule has 4 nitrogen and oxygen atoms in total. The molecular weight excluding hydrogens is 240 g/mol. The number of hydrogen-bond acceptors (Lipinski definition) is 3. The molecule has 1 saturated heterocycles. The normalized spacial score (nSPS) is 20.6. The first-order chi connectivity index (χ1) is 8.20. The number of rotatable bonds is 3. The van der Waals surface area contributed by atoms with E-state index in [1.807, 2.05) is 4.90 Å². The highest BCUT2D eigenvalue weighted by Gasteiger charge is 2.25. The minimum atomic E-state index is -0.0267. The van der Waals surface area contributed by atoms with Gasteiger partial charge in [-0.1, -0.05) is 5.16 Å². The number of amides is 1. The molecule has 1 atom stereocenters. The van der Waals surface area contributed by atoms with Gasteiger partial charge in [0.05, 0.1) is 0 Å². The van der Waals surface area contributed by atoms with Crippen LogP contribution in [0.15, 0.2) is 10.6 Å². The molecule has 0 bridgehead atoms. The van der Waals surface area contributed by atoms with Gasteiger partial charge >= 0.3 is 0 Å². The summed E-state index contributed by atoms with van der Waals surface area (Å²) in [7, 11) is 0. The van der Waals surface area contributed by atoms with E-state index in [-0.39, 0.29) is 5.91 Å². The monoisotopic (exact) mass is 256 g/mol. The summed E-state index contributed by atoms with van der Waals surface area (Å²) in [6.07, 6.45) is 3.18. The second kappa shape index (κ2) is 5.54. The average molecular weight is 257 g/mol. The Kier molecular flexibility index (Phi) is 4.05. The smallest absolute Gasteiger partial charge is 0.276 e. The second-order valence-corrected chi connectivity index (χ2v) is 4.94. The van der Waals surface area contributed by atoms with Crippen LogP contribution in [0.4, 0.5) is 0 Å². The zero-order valence-electron chi connectivity index (χ0n) is 9.99. The van der Waals surface area contributed by atoms with E-state index in [9.17, 15) is 4.79 Å². The van der Waals surface area contributed by atoms with Crippen LogP contribution < -0.4 is 0 Å². The highest BCUT2D eigenvalue weighted by molar-refractivity contribution is 6.17. The molecule has 5 heteroatoms. The largest absolute Gasteiger partial charge is 0.361 e. The van der Waals surface area contributed by atoms with Crippen molar-refractivity contribution in [1.29, 1.82) is 0 Å². The molecule has 1 aromatic heterocycles. The topological polar surface area (TPSA) is 46.3 Å². The predicted molar refractivity (Wildman–Crippen MR) is 65.2 cm³/mol. The zero-order chi connectivity index (χ0) is 12.3. The molecule has 1 amide bonds. The molecule has 1 unspecified atom stereocenters. The fourth-order valence-corrected chi connectivity index (χ4v) is 2.58. The van der Waals surface area contributed by atoms with Crippen molar-refractivity contribution in [2.75, 3.05) is 19.0 Å². The molecule has 2 rings (SSSR count). The SMILES string of the molecule is Cc1cc(C(=O)N2CCCC(CCCl)C2)no1. The third-order valence-corrected chi connectivity index (χ3v) is 3.39. The Morgan fingerprint density at radius 1 is 1.71 bits per heavy atom. The van der Waals surface area contributed by atoms with Crippen LogP contribution in [0.25, 0.3) is 0 Å². The summed E-state index contributed by atoms with van der Waals surface area (Å²) in [5.41, 5.74) is 0.411. The predicted octanol–water partition coefficient (Wildman–Crippen LogP) is 2.46. The summed E-state index contributed by atoms with van der Waals surface area (Å²) < 4.78 is 4.93. The minimum Gasteiger partial charge on any atom is -0.361 e. The number of piperidine rings is 1. The summed E-state index contributed by atoms with van der Waals surface area (Å²) in [6.45, 7) is 3.39. The lowest BCUT2D eigenvalue weighted by Gasteiger charge is -2.31. The van der Waals surface area contributed by atoms with Gasteiger partial charge < -0.3 is 9.42 Å². The maximum Gasteiger partial charge on any atom is 0.276 e. The van der Waals surface area contributed by atoms with Crippen LogP contribution in [0.2, 0.25) is 0 Å². The number of likely N-dealkylation sites (tertiary alicyclic amines) is 1. The Bertz CT molecular complexity index is 390. The molecule has 0 radical (unpaired) electrons. The van der Waals surface area contributed by atoms with Crippen molar-refractivity contribution in [3.8, 4) is 0 Å². The Morgan fingerprint density at radius 3 is 3.18 bits per heavy atom. The Balaban J connectivity index is 1.99.